The quantitative estimate of drug-likeness (QED) is 0.838. The minimum absolute atomic E-state index is 0.310. The van der Waals surface area contributed by atoms with E-state index in [9.17, 15) is 4.79 Å². The van der Waals surface area contributed by atoms with E-state index >= 15 is 0 Å². The Kier molecular flexibility index (Phi) is 5.41. The van der Waals surface area contributed by atoms with Crippen LogP contribution in [-0.4, -0.2) is 32.9 Å². The van der Waals surface area contributed by atoms with Crippen LogP contribution in [0.1, 0.15) is 34.3 Å². The number of carbonyl (C=O) groups is 1. The second-order valence-electron chi connectivity index (χ2n) is 5.98. The van der Waals surface area contributed by atoms with Crippen molar-refractivity contribution < 1.29 is 19.0 Å². The minimum atomic E-state index is -0.310. The van der Waals surface area contributed by atoms with Gasteiger partial charge in [-0.25, -0.2) is 5.43 Å². The molecule has 0 aliphatic heterocycles. The van der Waals surface area contributed by atoms with Crippen molar-refractivity contribution in [1.29, 1.82) is 0 Å². The van der Waals surface area contributed by atoms with Crippen molar-refractivity contribution >= 4 is 11.6 Å². The third kappa shape index (κ3) is 3.79. The molecule has 2 aromatic rings. The first-order valence-electron chi connectivity index (χ1n) is 8.42. The van der Waals surface area contributed by atoms with E-state index in [2.05, 4.69) is 10.5 Å². The summed E-state index contributed by atoms with van der Waals surface area (Å²) >= 11 is 0. The Morgan fingerprint density at radius 3 is 2.27 bits per heavy atom. The molecule has 1 aliphatic rings. The van der Waals surface area contributed by atoms with E-state index in [0.29, 0.717) is 17.1 Å². The number of benzene rings is 2. The third-order valence-electron chi connectivity index (χ3n) is 4.39. The molecule has 0 aromatic heterocycles. The predicted molar refractivity (Wildman–Crippen MR) is 99.5 cm³/mol. The number of aryl methyl sites for hydroxylation is 1. The van der Waals surface area contributed by atoms with Crippen molar-refractivity contribution in [3.8, 4) is 17.2 Å². The summed E-state index contributed by atoms with van der Waals surface area (Å²) in [6.07, 6.45) is 2.79. The number of hydrogen-bond donors (Lipinski definition) is 1. The largest absolute Gasteiger partial charge is 0.497 e. The molecule has 0 atom stereocenters. The Labute approximate surface area is 152 Å². The summed E-state index contributed by atoms with van der Waals surface area (Å²) in [6, 6.07) is 10.9. The number of nitrogens with zero attached hydrogens (tertiary/aromatic N) is 1. The highest BCUT2D eigenvalue weighted by atomic mass is 16.5. The fraction of sp³-hybridized carbons (Fsp3) is 0.300. The molecule has 1 aliphatic carbocycles. The maximum atomic E-state index is 12.5. The van der Waals surface area contributed by atoms with Gasteiger partial charge in [-0.2, -0.15) is 5.10 Å². The fourth-order valence-electron chi connectivity index (χ4n) is 3.00. The van der Waals surface area contributed by atoms with Gasteiger partial charge >= 0.3 is 0 Å². The Balaban J connectivity index is 1.82. The molecule has 136 valence electrons. The number of fused-ring (bicyclic) bond motifs is 1. The minimum Gasteiger partial charge on any atom is -0.497 e. The molecule has 0 saturated carbocycles. The van der Waals surface area contributed by atoms with E-state index < -0.39 is 0 Å². The van der Waals surface area contributed by atoms with E-state index in [1.165, 1.54) is 5.56 Å². The molecule has 1 N–H and O–H groups in total. The standard InChI is InChI=1S/C20H22N2O4/c1-24-15-7-8-18-13(9-15)5-4-6-19(18)21-22-20(23)14-10-16(25-2)12-17(11-14)26-3/h7-12H,4-6H2,1-3H3,(H,22,23). The van der Waals surface area contributed by atoms with Crippen LogP contribution < -0.4 is 19.6 Å². The van der Waals surface area contributed by atoms with Crippen LogP contribution in [-0.2, 0) is 6.42 Å². The lowest BCUT2D eigenvalue weighted by Gasteiger charge is -2.18. The molecule has 0 radical (unpaired) electrons. The SMILES string of the molecule is COc1cc(OC)cc(C(=O)NN=C2CCCc3cc(OC)ccc32)c1. The zero-order valence-electron chi connectivity index (χ0n) is 15.2. The van der Waals surface area contributed by atoms with Gasteiger partial charge in [0.15, 0.2) is 0 Å². The van der Waals surface area contributed by atoms with Crippen LogP contribution >= 0.6 is 0 Å². The number of hydrogen-bond acceptors (Lipinski definition) is 5. The summed E-state index contributed by atoms with van der Waals surface area (Å²) < 4.78 is 15.7. The summed E-state index contributed by atoms with van der Waals surface area (Å²) in [4.78, 5) is 12.5. The first-order valence-corrected chi connectivity index (χ1v) is 8.42. The number of amides is 1. The van der Waals surface area contributed by atoms with Crippen LogP contribution in [0.25, 0.3) is 0 Å². The van der Waals surface area contributed by atoms with Gasteiger partial charge in [-0.1, -0.05) is 0 Å². The number of hydrazone groups is 1. The molecule has 0 bridgehead atoms. The monoisotopic (exact) mass is 354 g/mol. The van der Waals surface area contributed by atoms with E-state index in [0.717, 1.165) is 36.3 Å². The molecule has 26 heavy (non-hydrogen) atoms. The predicted octanol–water partition coefficient (Wildman–Crippen LogP) is 3.18. The Morgan fingerprint density at radius 1 is 0.923 bits per heavy atom. The smallest absolute Gasteiger partial charge is 0.271 e. The number of nitrogens with one attached hydrogen (secondary N) is 1. The van der Waals surface area contributed by atoms with Gasteiger partial charge in [0.1, 0.15) is 17.2 Å². The summed E-state index contributed by atoms with van der Waals surface area (Å²) in [7, 11) is 4.75. The van der Waals surface area contributed by atoms with Gasteiger partial charge in [0, 0.05) is 17.2 Å². The Morgan fingerprint density at radius 2 is 1.62 bits per heavy atom. The Bertz CT molecular complexity index is 823. The maximum Gasteiger partial charge on any atom is 0.271 e. The summed E-state index contributed by atoms with van der Waals surface area (Å²) in [5.74, 6) is 1.63. The zero-order chi connectivity index (χ0) is 18.5. The lowest BCUT2D eigenvalue weighted by molar-refractivity contribution is 0.0954. The van der Waals surface area contributed by atoms with Crippen molar-refractivity contribution in [3.63, 3.8) is 0 Å². The van der Waals surface area contributed by atoms with E-state index in [1.54, 1.807) is 39.5 Å². The van der Waals surface area contributed by atoms with Gasteiger partial charge in [0.2, 0.25) is 0 Å². The molecule has 1 amide bonds. The fourth-order valence-corrected chi connectivity index (χ4v) is 3.00. The molecule has 6 nitrogen and oxygen atoms in total. The number of methoxy groups -OCH3 is 3. The molecule has 0 unspecified atom stereocenters. The molecule has 6 heteroatoms. The van der Waals surface area contributed by atoms with Crippen LogP contribution in [0.4, 0.5) is 0 Å². The maximum absolute atomic E-state index is 12.5. The van der Waals surface area contributed by atoms with Crippen LogP contribution in [0, 0.1) is 0 Å². The summed E-state index contributed by atoms with van der Waals surface area (Å²) in [5, 5.41) is 4.36. The molecule has 2 aromatic carbocycles. The molecule has 0 heterocycles. The highest BCUT2D eigenvalue weighted by molar-refractivity contribution is 6.04. The van der Waals surface area contributed by atoms with Crippen molar-refractivity contribution in [3.05, 3.63) is 53.1 Å². The van der Waals surface area contributed by atoms with Gasteiger partial charge in [0.25, 0.3) is 5.91 Å². The molecular formula is C20H22N2O4. The number of carbonyl (C=O) groups excluding carboxylic acids is 1. The molecular weight excluding hydrogens is 332 g/mol. The highest BCUT2D eigenvalue weighted by Crippen LogP contribution is 2.26. The number of ether oxygens (including phenoxy) is 3. The van der Waals surface area contributed by atoms with Crippen molar-refractivity contribution in [2.45, 2.75) is 19.3 Å². The van der Waals surface area contributed by atoms with E-state index in [1.807, 2.05) is 18.2 Å². The average molecular weight is 354 g/mol. The third-order valence-corrected chi connectivity index (χ3v) is 4.39. The highest BCUT2D eigenvalue weighted by Gasteiger charge is 2.17. The summed E-state index contributed by atoms with van der Waals surface area (Å²) in [5.41, 5.74) is 6.19. The van der Waals surface area contributed by atoms with Crippen LogP contribution in [0.5, 0.6) is 17.2 Å². The van der Waals surface area contributed by atoms with E-state index in [-0.39, 0.29) is 5.91 Å². The second-order valence-corrected chi connectivity index (χ2v) is 5.98. The summed E-state index contributed by atoms with van der Waals surface area (Å²) in [6.45, 7) is 0. The lowest BCUT2D eigenvalue weighted by atomic mass is 9.90. The van der Waals surface area contributed by atoms with E-state index in [4.69, 9.17) is 14.2 Å². The number of rotatable bonds is 5. The Hall–Kier alpha value is -3.02. The normalized spacial score (nSPS) is 14.5. The van der Waals surface area contributed by atoms with Gasteiger partial charge in [0.05, 0.1) is 27.0 Å². The zero-order valence-corrected chi connectivity index (χ0v) is 15.2. The van der Waals surface area contributed by atoms with Crippen molar-refractivity contribution in [2.75, 3.05) is 21.3 Å². The average Bonchev–Trinajstić information content (AvgIpc) is 2.70. The van der Waals surface area contributed by atoms with Crippen molar-refractivity contribution in [1.82, 2.24) is 5.43 Å². The molecule has 0 fully saturated rings. The van der Waals surface area contributed by atoms with Gasteiger partial charge in [-0.15, -0.1) is 0 Å². The van der Waals surface area contributed by atoms with Gasteiger partial charge in [-0.3, -0.25) is 4.79 Å². The molecule has 0 spiro atoms. The van der Waals surface area contributed by atoms with Gasteiger partial charge in [-0.05, 0) is 55.2 Å². The van der Waals surface area contributed by atoms with Crippen molar-refractivity contribution in [2.24, 2.45) is 5.10 Å². The lowest BCUT2D eigenvalue weighted by Crippen LogP contribution is -2.22. The van der Waals surface area contributed by atoms with Crippen LogP contribution in [0.15, 0.2) is 41.5 Å². The first kappa shape index (κ1) is 17.8. The molecule has 0 saturated heterocycles. The second kappa shape index (κ2) is 7.91. The van der Waals surface area contributed by atoms with Gasteiger partial charge < -0.3 is 14.2 Å². The topological polar surface area (TPSA) is 69.2 Å². The van der Waals surface area contributed by atoms with Crippen LogP contribution in [0.2, 0.25) is 0 Å². The first-order chi connectivity index (χ1) is 12.6. The molecule has 3 rings (SSSR count). The van der Waals surface area contributed by atoms with Crippen LogP contribution in [0.3, 0.4) is 0 Å².